The molecule has 1 aliphatic carbocycles. The van der Waals surface area contributed by atoms with E-state index in [0.29, 0.717) is 37.4 Å². The Morgan fingerprint density at radius 1 is 1.10 bits per heavy atom. The summed E-state index contributed by atoms with van der Waals surface area (Å²) in [5.74, 6) is 2.41. The predicted molar refractivity (Wildman–Crippen MR) is 109 cm³/mol. The minimum Gasteiger partial charge on any atom is -0.466 e. The van der Waals surface area contributed by atoms with Gasteiger partial charge in [0.15, 0.2) is 5.82 Å². The summed E-state index contributed by atoms with van der Waals surface area (Å²) < 4.78 is 10.4. The number of aromatic amines is 1. The van der Waals surface area contributed by atoms with E-state index in [1.54, 1.807) is 0 Å². The van der Waals surface area contributed by atoms with Gasteiger partial charge in [0.25, 0.3) is 0 Å². The van der Waals surface area contributed by atoms with Crippen LogP contribution in [0.25, 0.3) is 0 Å². The first-order valence-electron chi connectivity index (χ1n) is 11.4. The number of H-pyrrole nitrogens is 1. The van der Waals surface area contributed by atoms with E-state index in [1.165, 1.54) is 19.3 Å². The van der Waals surface area contributed by atoms with E-state index in [9.17, 15) is 9.59 Å². The Balaban J connectivity index is 1.31. The third-order valence-electron chi connectivity index (χ3n) is 6.44. The van der Waals surface area contributed by atoms with Crippen molar-refractivity contribution >= 4 is 11.9 Å². The number of aromatic nitrogens is 4. The molecule has 1 aliphatic heterocycles. The number of unbranched alkanes of at least 4 members (excludes halogenated alkanes) is 2. The number of hydrogen-bond acceptors (Lipinski definition) is 8. The van der Waals surface area contributed by atoms with Gasteiger partial charge in [-0.15, -0.1) is 10.2 Å². The lowest BCUT2D eigenvalue weighted by atomic mass is 9.69. The monoisotopic (exact) mass is 421 g/mol. The molecule has 1 aromatic heterocycles. The zero-order valence-corrected chi connectivity index (χ0v) is 18.0. The fraction of sp³-hybridized carbons (Fsp3) is 0.857. The van der Waals surface area contributed by atoms with Gasteiger partial charge in [0, 0.05) is 12.8 Å². The normalized spacial score (nSPS) is 26.0. The SMILES string of the molecule is CCOC(=O)CCCCCOC(=O)[C@@H]1C[C@H]2C[C@@H](CCc3nn[nH]n3)CC[C@H]2CN1. The molecule has 4 atom stereocenters. The van der Waals surface area contributed by atoms with E-state index in [0.717, 1.165) is 50.9 Å². The van der Waals surface area contributed by atoms with E-state index >= 15 is 0 Å². The molecule has 0 spiro atoms. The highest BCUT2D eigenvalue weighted by Gasteiger charge is 2.38. The van der Waals surface area contributed by atoms with Crippen LogP contribution in [-0.4, -0.2) is 58.4 Å². The first-order chi connectivity index (χ1) is 14.7. The molecule has 0 bridgehead atoms. The summed E-state index contributed by atoms with van der Waals surface area (Å²) in [6.07, 6.45) is 9.27. The maximum Gasteiger partial charge on any atom is 0.323 e. The largest absolute Gasteiger partial charge is 0.466 e. The molecular weight excluding hydrogens is 386 g/mol. The molecule has 0 radical (unpaired) electrons. The second-order valence-corrected chi connectivity index (χ2v) is 8.55. The van der Waals surface area contributed by atoms with Crippen molar-refractivity contribution in [1.29, 1.82) is 0 Å². The molecule has 2 fully saturated rings. The van der Waals surface area contributed by atoms with Crippen molar-refractivity contribution in [3.63, 3.8) is 0 Å². The lowest BCUT2D eigenvalue weighted by Gasteiger charge is -2.42. The lowest BCUT2D eigenvalue weighted by Crippen LogP contribution is -2.50. The van der Waals surface area contributed by atoms with Gasteiger partial charge in [0.2, 0.25) is 0 Å². The van der Waals surface area contributed by atoms with Gasteiger partial charge in [0.05, 0.1) is 13.2 Å². The molecule has 9 heteroatoms. The molecule has 1 aromatic rings. The number of nitrogens with one attached hydrogen (secondary N) is 2. The lowest BCUT2D eigenvalue weighted by molar-refractivity contribution is -0.148. The fourth-order valence-electron chi connectivity index (χ4n) is 4.78. The minimum atomic E-state index is -0.193. The van der Waals surface area contributed by atoms with Gasteiger partial charge in [-0.3, -0.25) is 9.59 Å². The number of esters is 2. The van der Waals surface area contributed by atoms with Crippen molar-refractivity contribution in [2.45, 2.75) is 77.2 Å². The summed E-state index contributed by atoms with van der Waals surface area (Å²) in [6, 6.07) is -0.193. The molecular formula is C21H35N5O4. The Labute approximate surface area is 178 Å². The average Bonchev–Trinajstić information content (AvgIpc) is 3.28. The zero-order chi connectivity index (χ0) is 21.2. The first-order valence-corrected chi connectivity index (χ1v) is 11.4. The first kappa shape index (κ1) is 22.7. The van der Waals surface area contributed by atoms with Gasteiger partial charge in [0.1, 0.15) is 6.04 Å². The van der Waals surface area contributed by atoms with Crippen LogP contribution in [0.2, 0.25) is 0 Å². The summed E-state index contributed by atoms with van der Waals surface area (Å²) >= 11 is 0. The highest BCUT2D eigenvalue weighted by Crippen LogP contribution is 2.40. The van der Waals surface area contributed by atoms with E-state index in [2.05, 4.69) is 25.9 Å². The number of nitrogens with zero attached hydrogens (tertiary/aromatic N) is 3. The van der Waals surface area contributed by atoms with Gasteiger partial charge in [-0.2, -0.15) is 5.21 Å². The van der Waals surface area contributed by atoms with Crippen molar-refractivity contribution in [2.75, 3.05) is 19.8 Å². The van der Waals surface area contributed by atoms with Crippen LogP contribution in [0, 0.1) is 17.8 Å². The fourth-order valence-corrected chi connectivity index (χ4v) is 4.78. The molecule has 0 unspecified atom stereocenters. The van der Waals surface area contributed by atoms with Crippen LogP contribution in [0.1, 0.15) is 70.5 Å². The summed E-state index contributed by atoms with van der Waals surface area (Å²) in [5, 5.41) is 17.6. The van der Waals surface area contributed by atoms with Crippen molar-refractivity contribution < 1.29 is 19.1 Å². The smallest absolute Gasteiger partial charge is 0.323 e. The average molecular weight is 422 g/mol. The molecule has 2 heterocycles. The number of rotatable bonds is 11. The molecule has 0 aromatic carbocycles. The summed E-state index contributed by atoms with van der Waals surface area (Å²) in [6.45, 7) is 3.55. The Bertz CT molecular complexity index is 654. The highest BCUT2D eigenvalue weighted by atomic mass is 16.5. The Morgan fingerprint density at radius 2 is 2.00 bits per heavy atom. The number of tetrazole rings is 1. The molecule has 168 valence electrons. The van der Waals surface area contributed by atoms with Gasteiger partial charge in [-0.05, 0) is 76.2 Å². The number of carbonyl (C=O) groups is 2. The Kier molecular flexibility index (Phi) is 9.04. The van der Waals surface area contributed by atoms with Gasteiger partial charge < -0.3 is 14.8 Å². The minimum absolute atomic E-state index is 0.132. The van der Waals surface area contributed by atoms with Crippen LogP contribution in [0.15, 0.2) is 0 Å². The number of ether oxygens (including phenoxy) is 2. The third-order valence-corrected chi connectivity index (χ3v) is 6.44. The highest BCUT2D eigenvalue weighted by molar-refractivity contribution is 5.76. The van der Waals surface area contributed by atoms with Gasteiger partial charge in [-0.1, -0.05) is 11.6 Å². The van der Waals surface area contributed by atoms with Crippen LogP contribution >= 0.6 is 0 Å². The van der Waals surface area contributed by atoms with Crippen LogP contribution in [0.5, 0.6) is 0 Å². The molecule has 9 nitrogen and oxygen atoms in total. The third kappa shape index (κ3) is 7.04. The predicted octanol–water partition coefficient (Wildman–Crippen LogP) is 2.19. The van der Waals surface area contributed by atoms with Crippen molar-refractivity contribution in [3.05, 3.63) is 5.82 Å². The Morgan fingerprint density at radius 3 is 2.80 bits per heavy atom. The number of carbonyl (C=O) groups excluding carboxylic acids is 2. The summed E-state index contributed by atoms with van der Waals surface area (Å²) in [4.78, 5) is 23.8. The van der Waals surface area contributed by atoms with Crippen LogP contribution in [0.3, 0.4) is 0 Å². The summed E-state index contributed by atoms with van der Waals surface area (Å²) in [5.41, 5.74) is 0. The maximum atomic E-state index is 12.5. The number of aryl methyl sites for hydroxylation is 1. The molecule has 1 saturated heterocycles. The Hall–Kier alpha value is -2.03. The number of hydrogen-bond donors (Lipinski definition) is 2. The quantitative estimate of drug-likeness (QED) is 0.412. The van der Waals surface area contributed by atoms with Gasteiger partial charge >= 0.3 is 11.9 Å². The van der Waals surface area contributed by atoms with Crippen LogP contribution in [0.4, 0.5) is 0 Å². The molecule has 2 aliphatic rings. The van der Waals surface area contributed by atoms with E-state index in [1.807, 2.05) is 6.92 Å². The topological polar surface area (TPSA) is 119 Å². The van der Waals surface area contributed by atoms with E-state index in [-0.39, 0.29) is 18.0 Å². The summed E-state index contributed by atoms with van der Waals surface area (Å²) in [7, 11) is 0. The second kappa shape index (κ2) is 12.0. The molecule has 2 N–H and O–H groups in total. The van der Waals surface area contributed by atoms with Crippen LogP contribution < -0.4 is 5.32 Å². The number of piperidine rings is 1. The molecule has 0 amide bonds. The van der Waals surface area contributed by atoms with Crippen molar-refractivity contribution in [3.8, 4) is 0 Å². The second-order valence-electron chi connectivity index (χ2n) is 8.55. The zero-order valence-electron chi connectivity index (χ0n) is 18.0. The van der Waals surface area contributed by atoms with E-state index < -0.39 is 0 Å². The van der Waals surface area contributed by atoms with Crippen molar-refractivity contribution in [2.24, 2.45) is 17.8 Å². The molecule has 30 heavy (non-hydrogen) atoms. The number of fused-ring (bicyclic) bond motifs is 1. The molecule has 3 rings (SSSR count). The maximum absolute atomic E-state index is 12.5. The standard InChI is InChI=1S/C21H35N5O4/c1-2-29-20(27)6-4-3-5-11-30-21(28)18-13-17-12-15(7-9-16(17)14-22-18)8-10-19-23-25-26-24-19/h15-18,22H,2-14H2,1H3,(H,23,24,25,26)/t15-,16+,17-,18+/m1/s1. The van der Waals surface area contributed by atoms with Crippen molar-refractivity contribution in [1.82, 2.24) is 25.9 Å². The molecule has 1 saturated carbocycles. The van der Waals surface area contributed by atoms with Crippen LogP contribution in [-0.2, 0) is 25.5 Å². The van der Waals surface area contributed by atoms with Gasteiger partial charge in [-0.25, -0.2) is 0 Å². The van der Waals surface area contributed by atoms with E-state index in [4.69, 9.17) is 9.47 Å².